The SMILES string of the molecule is O=C(c1ccc(Br)s1)N(Cc1cccnc1)c1nc2ccc(Cl)cc2s1. The number of hydrogen-bond donors (Lipinski definition) is 0. The van der Waals surface area contributed by atoms with Gasteiger partial charge in [-0.15, -0.1) is 11.3 Å². The van der Waals surface area contributed by atoms with Crippen molar-refractivity contribution in [1.29, 1.82) is 0 Å². The minimum absolute atomic E-state index is 0.0882. The summed E-state index contributed by atoms with van der Waals surface area (Å²) in [5.41, 5.74) is 1.76. The van der Waals surface area contributed by atoms with Crippen LogP contribution in [-0.2, 0) is 6.54 Å². The molecule has 0 saturated heterocycles. The number of rotatable bonds is 4. The van der Waals surface area contributed by atoms with Gasteiger partial charge in [-0.2, -0.15) is 0 Å². The highest BCUT2D eigenvalue weighted by molar-refractivity contribution is 9.11. The topological polar surface area (TPSA) is 46.1 Å². The molecule has 4 aromatic rings. The molecule has 0 aliphatic rings. The number of halogens is 2. The Hall–Kier alpha value is -1.80. The molecule has 8 heteroatoms. The summed E-state index contributed by atoms with van der Waals surface area (Å²) in [5.74, 6) is -0.0882. The average Bonchev–Trinajstić information content (AvgIpc) is 3.25. The standard InChI is InChI=1S/C18H11BrClN3OS2/c19-16-6-5-14(25-16)17(24)23(10-11-2-1-7-21-9-11)18-22-13-4-3-12(20)8-15(13)26-18/h1-9H,10H2. The summed E-state index contributed by atoms with van der Waals surface area (Å²) in [6.07, 6.45) is 3.47. The van der Waals surface area contributed by atoms with Gasteiger partial charge in [0.05, 0.1) is 25.4 Å². The van der Waals surface area contributed by atoms with E-state index < -0.39 is 0 Å². The largest absolute Gasteiger partial charge is 0.279 e. The molecule has 130 valence electrons. The molecule has 0 aliphatic carbocycles. The molecule has 0 bridgehead atoms. The molecule has 0 radical (unpaired) electrons. The van der Waals surface area contributed by atoms with Gasteiger partial charge < -0.3 is 0 Å². The smallest absolute Gasteiger partial charge is 0.270 e. The molecular formula is C18H11BrClN3OS2. The molecule has 0 unspecified atom stereocenters. The van der Waals surface area contributed by atoms with Crippen molar-refractivity contribution in [1.82, 2.24) is 9.97 Å². The van der Waals surface area contributed by atoms with Gasteiger partial charge in [0.25, 0.3) is 5.91 Å². The van der Waals surface area contributed by atoms with E-state index in [-0.39, 0.29) is 5.91 Å². The Kier molecular flexibility index (Phi) is 5.04. The number of thiophene rings is 1. The van der Waals surface area contributed by atoms with Crippen molar-refractivity contribution in [2.45, 2.75) is 6.54 Å². The van der Waals surface area contributed by atoms with Gasteiger partial charge in [-0.1, -0.05) is 29.0 Å². The quantitative estimate of drug-likeness (QED) is 0.371. The number of thiazole rings is 1. The third-order valence-electron chi connectivity index (χ3n) is 3.66. The summed E-state index contributed by atoms with van der Waals surface area (Å²) < 4.78 is 1.86. The molecular weight excluding hydrogens is 454 g/mol. The van der Waals surface area contributed by atoms with E-state index in [1.165, 1.54) is 22.7 Å². The Morgan fingerprint density at radius 2 is 2.08 bits per heavy atom. The number of aromatic nitrogens is 2. The lowest BCUT2D eigenvalue weighted by Gasteiger charge is -2.19. The van der Waals surface area contributed by atoms with Crippen molar-refractivity contribution in [3.63, 3.8) is 0 Å². The molecule has 0 atom stereocenters. The predicted molar refractivity (Wildman–Crippen MR) is 111 cm³/mol. The average molecular weight is 465 g/mol. The summed E-state index contributed by atoms with van der Waals surface area (Å²) in [5, 5.41) is 1.29. The van der Waals surface area contributed by atoms with Crippen LogP contribution in [0.25, 0.3) is 10.2 Å². The number of benzene rings is 1. The Balaban J connectivity index is 1.76. The van der Waals surface area contributed by atoms with Gasteiger partial charge in [0.15, 0.2) is 5.13 Å². The van der Waals surface area contributed by atoms with Gasteiger partial charge >= 0.3 is 0 Å². The van der Waals surface area contributed by atoms with Crippen LogP contribution in [0.15, 0.2) is 58.6 Å². The molecule has 0 aliphatic heterocycles. The monoisotopic (exact) mass is 463 g/mol. The predicted octanol–water partition coefficient (Wildman–Crippen LogP) is 6.02. The molecule has 3 aromatic heterocycles. The molecule has 3 heterocycles. The van der Waals surface area contributed by atoms with Gasteiger partial charge in [-0.3, -0.25) is 14.7 Å². The van der Waals surface area contributed by atoms with Gasteiger partial charge in [0.2, 0.25) is 0 Å². The van der Waals surface area contributed by atoms with Crippen LogP contribution in [0, 0.1) is 0 Å². The van der Waals surface area contributed by atoms with Crippen LogP contribution in [0.1, 0.15) is 15.2 Å². The Labute approximate surface area is 171 Å². The number of carbonyl (C=O) groups excluding carboxylic acids is 1. The number of nitrogens with zero attached hydrogens (tertiary/aromatic N) is 3. The third-order valence-corrected chi connectivity index (χ3v) is 6.55. The Bertz CT molecular complexity index is 1080. The van der Waals surface area contributed by atoms with E-state index in [0.29, 0.717) is 21.6 Å². The molecule has 0 N–H and O–H groups in total. The zero-order chi connectivity index (χ0) is 18.1. The lowest BCUT2D eigenvalue weighted by Crippen LogP contribution is -2.29. The van der Waals surface area contributed by atoms with E-state index in [9.17, 15) is 4.79 Å². The first-order valence-corrected chi connectivity index (χ1v) is 10.4. The maximum Gasteiger partial charge on any atom is 0.270 e. The fourth-order valence-electron chi connectivity index (χ4n) is 2.46. The maximum atomic E-state index is 13.1. The van der Waals surface area contributed by atoms with Crippen LogP contribution >= 0.6 is 50.2 Å². The van der Waals surface area contributed by atoms with Gasteiger partial charge in [0, 0.05) is 17.4 Å². The van der Waals surface area contributed by atoms with Crippen molar-refractivity contribution in [2.24, 2.45) is 0 Å². The zero-order valence-electron chi connectivity index (χ0n) is 13.2. The van der Waals surface area contributed by atoms with Gasteiger partial charge in [-0.05, 0) is 57.9 Å². The summed E-state index contributed by atoms with van der Waals surface area (Å²) in [6, 6.07) is 13.0. The van der Waals surface area contributed by atoms with Crippen molar-refractivity contribution < 1.29 is 4.79 Å². The molecule has 0 spiro atoms. The summed E-state index contributed by atoms with van der Waals surface area (Å²) in [6.45, 7) is 0.399. The maximum absolute atomic E-state index is 13.1. The molecule has 4 rings (SSSR count). The van der Waals surface area contributed by atoms with Crippen LogP contribution < -0.4 is 4.90 Å². The minimum Gasteiger partial charge on any atom is -0.279 e. The van der Waals surface area contributed by atoms with Crippen molar-refractivity contribution in [2.75, 3.05) is 4.90 Å². The minimum atomic E-state index is -0.0882. The summed E-state index contributed by atoms with van der Waals surface area (Å²) in [7, 11) is 0. The number of carbonyl (C=O) groups is 1. The van der Waals surface area contributed by atoms with Crippen molar-refractivity contribution >= 4 is 71.5 Å². The first-order valence-electron chi connectivity index (χ1n) is 7.62. The number of fused-ring (bicyclic) bond motifs is 1. The van der Waals surface area contributed by atoms with Gasteiger partial charge in [0.1, 0.15) is 0 Å². The Morgan fingerprint density at radius 1 is 1.19 bits per heavy atom. The van der Waals surface area contributed by atoms with Crippen molar-refractivity contribution in [3.8, 4) is 0 Å². The molecule has 0 saturated carbocycles. The fraction of sp³-hybridized carbons (Fsp3) is 0.0556. The van der Waals surface area contributed by atoms with E-state index in [4.69, 9.17) is 11.6 Å². The summed E-state index contributed by atoms with van der Waals surface area (Å²) >= 11 is 12.4. The highest BCUT2D eigenvalue weighted by Crippen LogP contribution is 2.33. The molecule has 0 fully saturated rings. The van der Waals surface area contributed by atoms with Gasteiger partial charge in [-0.25, -0.2) is 4.98 Å². The van der Waals surface area contributed by atoms with Crippen LogP contribution in [-0.4, -0.2) is 15.9 Å². The lowest BCUT2D eigenvalue weighted by atomic mass is 10.2. The highest BCUT2D eigenvalue weighted by Gasteiger charge is 2.23. The van der Waals surface area contributed by atoms with Crippen molar-refractivity contribution in [3.05, 3.63) is 74.1 Å². The zero-order valence-corrected chi connectivity index (χ0v) is 17.2. The summed E-state index contributed by atoms with van der Waals surface area (Å²) in [4.78, 5) is 24.3. The molecule has 4 nitrogen and oxygen atoms in total. The van der Waals surface area contributed by atoms with E-state index in [1.54, 1.807) is 23.4 Å². The van der Waals surface area contributed by atoms with Crippen LogP contribution in [0.4, 0.5) is 5.13 Å². The highest BCUT2D eigenvalue weighted by atomic mass is 79.9. The second-order valence-electron chi connectivity index (χ2n) is 5.46. The van der Waals surface area contributed by atoms with E-state index in [2.05, 4.69) is 25.9 Å². The number of pyridine rings is 1. The van der Waals surface area contributed by atoms with E-state index >= 15 is 0 Å². The molecule has 1 aromatic carbocycles. The number of amides is 1. The Morgan fingerprint density at radius 3 is 2.81 bits per heavy atom. The van der Waals surface area contributed by atoms with E-state index in [1.807, 2.05) is 36.4 Å². The number of anilines is 1. The van der Waals surface area contributed by atoms with Crippen LogP contribution in [0.5, 0.6) is 0 Å². The van der Waals surface area contributed by atoms with Crippen LogP contribution in [0.2, 0.25) is 5.02 Å². The molecule has 1 amide bonds. The first-order chi connectivity index (χ1) is 12.6. The lowest BCUT2D eigenvalue weighted by molar-refractivity contribution is 0.0989. The third kappa shape index (κ3) is 3.66. The van der Waals surface area contributed by atoms with E-state index in [0.717, 1.165) is 19.6 Å². The number of hydrogen-bond acceptors (Lipinski definition) is 5. The molecule has 26 heavy (non-hydrogen) atoms. The first kappa shape index (κ1) is 17.6. The fourth-order valence-corrected chi connectivity index (χ4v) is 5.04. The second kappa shape index (κ2) is 7.44. The van der Waals surface area contributed by atoms with Crippen LogP contribution in [0.3, 0.4) is 0 Å². The normalized spacial score (nSPS) is 11.0. The second-order valence-corrected chi connectivity index (χ2v) is 9.37.